The fraction of sp³-hybridized carbons (Fsp3) is 0.455. The molecule has 0 aromatic carbocycles. The van der Waals surface area contributed by atoms with Crippen LogP contribution in [0.4, 0.5) is 5.82 Å². The Morgan fingerprint density at radius 3 is 2.72 bits per heavy atom. The lowest BCUT2D eigenvalue weighted by Gasteiger charge is -2.31. The van der Waals surface area contributed by atoms with Gasteiger partial charge in [-0.3, -0.25) is 9.78 Å². The first-order valence-electron chi connectivity index (χ1n) is 10.3. The third kappa shape index (κ3) is 3.45. The smallest absolute Gasteiger partial charge is 0.257 e. The van der Waals surface area contributed by atoms with Crippen molar-refractivity contribution in [1.29, 1.82) is 0 Å². The van der Waals surface area contributed by atoms with E-state index in [0.717, 1.165) is 31.4 Å². The summed E-state index contributed by atoms with van der Waals surface area (Å²) in [5.74, 6) is 1.72. The molecule has 0 radical (unpaired) electrons. The number of nitrogens with one attached hydrogen (secondary N) is 1. The number of hydrogen-bond donors (Lipinski definition) is 1. The van der Waals surface area contributed by atoms with Gasteiger partial charge in [-0.25, -0.2) is 4.98 Å². The summed E-state index contributed by atoms with van der Waals surface area (Å²) in [7, 11) is 0. The normalized spacial score (nSPS) is 18.8. The Kier molecular flexibility index (Phi) is 4.26. The molecule has 5 rings (SSSR count). The number of fused-ring (bicyclic) bond motifs is 1. The number of furan rings is 1. The average Bonchev–Trinajstić information content (AvgIpc) is 3.30. The Morgan fingerprint density at radius 1 is 1.24 bits per heavy atom. The summed E-state index contributed by atoms with van der Waals surface area (Å²) in [6.45, 7) is 5.42. The molecule has 1 N–H and O–H groups in total. The second-order valence-electron chi connectivity index (χ2n) is 8.46. The summed E-state index contributed by atoms with van der Waals surface area (Å²) in [6, 6.07) is 6.03. The molecule has 1 saturated carbocycles. The van der Waals surface area contributed by atoms with Crippen molar-refractivity contribution in [3.63, 3.8) is 0 Å². The third-order valence-electron chi connectivity index (χ3n) is 6.08. The van der Waals surface area contributed by atoms with E-state index < -0.39 is 0 Å². The summed E-state index contributed by atoms with van der Waals surface area (Å²) >= 11 is 0. The van der Waals surface area contributed by atoms with E-state index in [1.165, 1.54) is 6.26 Å². The van der Waals surface area contributed by atoms with Crippen molar-refractivity contribution >= 4 is 22.8 Å². The number of carbonyl (C=O) groups excluding carboxylic acids is 1. The van der Waals surface area contributed by atoms with Gasteiger partial charge in [-0.1, -0.05) is 6.07 Å². The van der Waals surface area contributed by atoms with Crippen molar-refractivity contribution in [2.75, 3.05) is 18.4 Å². The van der Waals surface area contributed by atoms with E-state index in [2.05, 4.69) is 33.3 Å². The van der Waals surface area contributed by atoms with Gasteiger partial charge in [-0.2, -0.15) is 4.98 Å². The monoisotopic (exact) mass is 391 g/mol. The van der Waals surface area contributed by atoms with Crippen molar-refractivity contribution in [2.45, 2.75) is 51.0 Å². The lowest BCUT2D eigenvalue weighted by Crippen LogP contribution is -2.38. The van der Waals surface area contributed by atoms with Gasteiger partial charge in [-0.05, 0) is 51.7 Å². The fourth-order valence-electron chi connectivity index (χ4n) is 4.06. The van der Waals surface area contributed by atoms with Crippen molar-refractivity contribution in [1.82, 2.24) is 19.9 Å². The molecule has 0 spiro atoms. The Morgan fingerprint density at radius 2 is 2.03 bits per heavy atom. The van der Waals surface area contributed by atoms with Crippen LogP contribution in [0, 0.1) is 6.92 Å². The predicted octanol–water partition coefficient (Wildman–Crippen LogP) is 3.91. The standard InChI is InChI=1S/C22H25N5O2/c1-14-24-19(26-22(2)8-9-22)18-16(13-29-20(18)25-14)21(28)27-11-6-15(7-12-27)17-5-3-4-10-23-17/h3-5,10,13,15H,6-9,11-12H2,1-2H3,(H,24,25,26). The fourth-order valence-corrected chi connectivity index (χ4v) is 4.06. The van der Waals surface area contributed by atoms with E-state index in [-0.39, 0.29) is 11.4 Å². The Balaban J connectivity index is 1.39. The summed E-state index contributed by atoms with van der Waals surface area (Å²) in [5, 5.41) is 4.19. The minimum atomic E-state index is -0.0142. The van der Waals surface area contributed by atoms with Gasteiger partial charge in [0.2, 0.25) is 5.71 Å². The summed E-state index contributed by atoms with van der Waals surface area (Å²) in [4.78, 5) is 28.7. The maximum absolute atomic E-state index is 13.3. The molecule has 4 heterocycles. The maximum Gasteiger partial charge on any atom is 0.257 e. The van der Waals surface area contributed by atoms with E-state index in [0.29, 0.717) is 47.3 Å². The predicted molar refractivity (Wildman–Crippen MR) is 110 cm³/mol. The number of piperidine rings is 1. The molecule has 7 heteroatoms. The maximum atomic E-state index is 13.3. The second-order valence-corrected chi connectivity index (χ2v) is 8.46. The van der Waals surface area contributed by atoms with Crippen LogP contribution in [0.1, 0.15) is 60.4 Å². The number of carbonyl (C=O) groups is 1. The summed E-state index contributed by atoms with van der Waals surface area (Å²) in [5.41, 5.74) is 2.17. The first-order chi connectivity index (χ1) is 14.0. The zero-order valence-corrected chi connectivity index (χ0v) is 16.8. The highest BCUT2D eigenvalue weighted by Crippen LogP contribution is 2.40. The van der Waals surface area contributed by atoms with Gasteiger partial charge in [0, 0.05) is 36.4 Å². The Labute approximate surface area is 169 Å². The zero-order valence-electron chi connectivity index (χ0n) is 16.8. The number of aryl methyl sites for hydroxylation is 1. The molecule has 1 amide bonds. The highest BCUT2D eigenvalue weighted by Gasteiger charge is 2.39. The SMILES string of the molecule is Cc1nc(NC2(C)CC2)c2c(C(=O)N3CCC(c4ccccn4)CC3)coc2n1. The molecule has 2 fully saturated rings. The molecule has 0 bridgehead atoms. The lowest BCUT2D eigenvalue weighted by molar-refractivity contribution is 0.0713. The summed E-state index contributed by atoms with van der Waals surface area (Å²) in [6.07, 6.45) is 7.39. The van der Waals surface area contributed by atoms with Gasteiger partial charge in [0.05, 0.1) is 10.9 Å². The third-order valence-corrected chi connectivity index (χ3v) is 6.08. The minimum absolute atomic E-state index is 0.0142. The quantitative estimate of drug-likeness (QED) is 0.726. The molecule has 3 aromatic rings. The van der Waals surface area contributed by atoms with E-state index in [9.17, 15) is 4.79 Å². The van der Waals surface area contributed by atoms with Gasteiger partial charge < -0.3 is 14.6 Å². The van der Waals surface area contributed by atoms with Crippen LogP contribution in [0.15, 0.2) is 35.1 Å². The van der Waals surface area contributed by atoms with Crippen LogP contribution in [0.25, 0.3) is 11.1 Å². The van der Waals surface area contributed by atoms with Crippen LogP contribution < -0.4 is 5.32 Å². The zero-order chi connectivity index (χ0) is 20.0. The van der Waals surface area contributed by atoms with E-state index in [1.807, 2.05) is 30.2 Å². The molecular weight excluding hydrogens is 366 g/mol. The molecule has 3 aromatic heterocycles. The molecular formula is C22H25N5O2. The number of amides is 1. The number of anilines is 1. The van der Waals surface area contributed by atoms with E-state index in [1.54, 1.807) is 0 Å². The highest BCUT2D eigenvalue weighted by atomic mass is 16.3. The highest BCUT2D eigenvalue weighted by molar-refractivity contribution is 6.09. The summed E-state index contributed by atoms with van der Waals surface area (Å²) < 4.78 is 5.66. The van der Waals surface area contributed by atoms with Crippen molar-refractivity contribution < 1.29 is 9.21 Å². The molecule has 1 saturated heterocycles. The van der Waals surface area contributed by atoms with Crippen LogP contribution in [0.3, 0.4) is 0 Å². The topological polar surface area (TPSA) is 84.2 Å². The number of aromatic nitrogens is 3. The van der Waals surface area contributed by atoms with Crippen LogP contribution >= 0.6 is 0 Å². The molecule has 150 valence electrons. The lowest BCUT2D eigenvalue weighted by atomic mass is 9.92. The molecule has 1 aliphatic heterocycles. The molecule has 0 atom stereocenters. The average molecular weight is 391 g/mol. The molecule has 0 unspecified atom stereocenters. The number of hydrogen-bond acceptors (Lipinski definition) is 6. The Hall–Kier alpha value is -2.96. The van der Waals surface area contributed by atoms with Crippen LogP contribution in [-0.2, 0) is 0 Å². The van der Waals surface area contributed by atoms with Gasteiger partial charge in [0.25, 0.3) is 5.91 Å². The number of pyridine rings is 1. The van der Waals surface area contributed by atoms with Crippen molar-refractivity contribution in [2.24, 2.45) is 0 Å². The van der Waals surface area contributed by atoms with Gasteiger partial charge >= 0.3 is 0 Å². The van der Waals surface area contributed by atoms with Crippen LogP contribution in [-0.4, -0.2) is 44.4 Å². The molecule has 1 aliphatic carbocycles. The largest absolute Gasteiger partial charge is 0.445 e. The minimum Gasteiger partial charge on any atom is -0.445 e. The van der Waals surface area contributed by atoms with Crippen LogP contribution in [0.5, 0.6) is 0 Å². The molecule has 2 aliphatic rings. The number of rotatable bonds is 4. The van der Waals surface area contributed by atoms with Gasteiger partial charge in [0.1, 0.15) is 17.9 Å². The van der Waals surface area contributed by atoms with Crippen LogP contribution in [0.2, 0.25) is 0 Å². The van der Waals surface area contributed by atoms with Crippen molar-refractivity contribution in [3.05, 3.63) is 47.7 Å². The molecule has 7 nitrogen and oxygen atoms in total. The first-order valence-corrected chi connectivity index (χ1v) is 10.3. The molecule has 29 heavy (non-hydrogen) atoms. The van der Waals surface area contributed by atoms with E-state index in [4.69, 9.17) is 4.42 Å². The second kappa shape index (κ2) is 6.83. The number of nitrogens with zero attached hydrogens (tertiary/aromatic N) is 4. The number of likely N-dealkylation sites (tertiary alicyclic amines) is 1. The van der Waals surface area contributed by atoms with Gasteiger partial charge in [0.15, 0.2) is 0 Å². The van der Waals surface area contributed by atoms with Crippen molar-refractivity contribution in [3.8, 4) is 0 Å². The Bertz CT molecular complexity index is 1050. The van der Waals surface area contributed by atoms with E-state index >= 15 is 0 Å². The van der Waals surface area contributed by atoms with Gasteiger partial charge in [-0.15, -0.1) is 0 Å². The first kappa shape index (κ1) is 18.1.